The molecule has 0 aliphatic heterocycles. The molecule has 0 bridgehead atoms. The summed E-state index contributed by atoms with van der Waals surface area (Å²) < 4.78 is 0. The first-order valence-electron chi connectivity index (χ1n) is 12.8. The Kier molecular flexibility index (Phi) is 6.32. The minimum atomic E-state index is -0.847. The van der Waals surface area contributed by atoms with Crippen molar-refractivity contribution in [2.24, 2.45) is 0 Å². The summed E-state index contributed by atoms with van der Waals surface area (Å²) in [5.41, 5.74) is 12.8. The van der Waals surface area contributed by atoms with Crippen LogP contribution in [0.5, 0.6) is 5.75 Å². The highest BCUT2D eigenvalue weighted by atomic mass is 16.3. The van der Waals surface area contributed by atoms with Gasteiger partial charge in [0.05, 0.1) is 5.60 Å². The van der Waals surface area contributed by atoms with Crippen LogP contribution in [0.25, 0.3) is 22.3 Å². The SMILES string of the molecule is Cc1cccc(C2=C(c3ccc(O)cc3)c3ccc(-c4ccc(C(C)(C)O)cc4)cc3CCC2)c1C. The van der Waals surface area contributed by atoms with Crippen molar-refractivity contribution in [3.63, 3.8) is 0 Å². The van der Waals surface area contributed by atoms with Gasteiger partial charge in [-0.25, -0.2) is 0 Å². The molecule has 4 aromatic carbocycles. The van der Waals surface area contributed by atoms with Crippen LogP contribution in [0.3, 0.4) is 0 Å². The number of aromatic hydroxyl groups is 1. The molecular formula is C34H34O2. The van der Waals surface area contributed by atoms with Gasteiger partial charge in [-0.3, -0.25) is 0 Å². The highest BCUT2D eigenvalue weighted by Gasteiger charge is 2.22. The molecule has 0 aromatic heterocycles. The average Bonchev–Trinajstić information content (AvgIpc) is 3.05. The highest BCUT2D eigenvalue weighted by Crippen LogP contribution is 2.42. The van der Waals surface area contributed by atoms with Crippen molar-refractivity contribution in [1.82, 2.24) is 0 Å². The van der Waals surface area contributed by atoms with E-state index in [9.17, 15) is 10.2 Å². The molecule has 0 saturated carbocycles. The number of aliphatic hydroxyl groups is 1. The second-order valence-electron chi connectivity index (χ2n) is 10.5. The Morgan fingerprint density at radius 2 is 1.36 bits per heavy atom. The Hall–Kier alpha value is -3.62. The zero-order valence-electron chi connectivity index (χ0n) is 21.6. The fraction of sp³-hybridized carbons (Fsp3) is 0.235. The van der Waals surface area contributed by atoms with Crippen molar-refractivity contribution < 1.29 is 10.2 Å². The second kappa shape index (κ2) is 9.44. The first kappa shape index (κ1) is 24.1. The lowest BCUT2D eigenvalue weighted by Gasteiger charge is -2.20. The molecule has 0 radical (unpaired) electrons. The number of hydrogen-bond donors (Lipinski definition) is 2. The maximum absolute atomic E-state index is 10.3. The van der Waals surface area contributed by atoms with Crippen LogP contribution in [0.1, 0.15) is 65.6 Å². The molecule has 0 fully saturated rings. The second-order valence-corrected chi connectivity index (χ2v) is 10.5. The molecule has 0 spiro atoms. The molecule has 2 nitrogen and oxygen atoms in total. The van der Waals surface area contributed by atoms with Crippen LogP contribution in [0, 0.1) is 13.8 Å². The van der Waals surface area contributed by atoms with E-state index >= 15 is 0 Å². The topological polar surface area (TPSA) is 40.5 Å². The maximum atomic E-state index is 10.3. The van der Waals surface area contributed by atoms with Gasteiger partial charge in [0.25, 0.3) is 0 Å². The lowest BCUT2D eigenvalue weighted by molar-refractivity contribution is 0.0786. The van der Waals surface area contributed by atoms with Crippen molar-refractivity contribution in [3.05, 3.63) is 124 Å². The van der Waals surface area contributed by atoms with E-state index in [4.69, 9.17) is 0 Å². The first-order chi connectivity index (χ1) is 17.2. The number of rotatable bonds is 4. The Balaban J connectivity index is 1.68. The van der Waals surface area contributed by atoms with Gasteiger partial charge in [0, 0.05) is 0 Å². The Labute approximate surface area is 214 Å². The highest BCUT2D eigenvalue weighted by molar-refractivity contribution is 6.00. The van der Waals surface area contributed by atoms with Gasteiger partial charge in [-0.15, -0.1) is 0 Å². The zero-order chi connectivity index (χ0) is 25.4. The lowest BCUT2D eigenvalue weighted by atomic mass is 9.85. The van der Waals surface area contributed by atoms with E-state index in [1.165, 1.54) is 44.5 Å². The minimum Gasteiger partial charge on any atom is -0.508 e. The molecule has 1 aliphatic rings. The van der Waals surface area contributed by atoms with Gasteiger partial charge < -0.3 is 10.2 Å². The molecule has 1 aliphatic carbocycles. The van der Waals surface area contributed by atoms with E-state index in [1.54, 1.807) is 12.1 Å². The summed E-state index contributed by atoms with van der Waals surface area (Å²) in [5, 5.41) is 20.3. The van der Waals surface area contributed by atoms with Crippen LogP contribution in [-0.2, 0) is 12.0 Å². The summed E-state index contributed by atoms with van der Waals surface area (Å²) in [6.45, 7) is 8.03. The van der Waals surface area contributed by atoms with Gasteiger partial charge in [0.2, 0.25) is 0 Å². The smallest absolute Gasteiger partial charge is 0.115 e. The van der Waals surface area contributed by atoms with Gasteiger partial charge in [0.1, 0.15) is 5.75 Å². The van der Waals surface area contributed by atoms with E-state index in [2.05, 4.69) is 62.4 Å². The summed E-state index contributed by atoms with van der Waals surface area (Å²) in [5.74, 6) is 0.284. The molecular weight excluding hydrogens is 440 g/mol. The predicted octanol–water partition coefficient (Wildman–Crippen LogP) is 8.20. The van der Waals surface area contributed by atoms with E-state index in [-0.39, 0.29) is 5.75 Å². The molecule has 0 saturated heterocycles. The predicted molar refractivity (Wildman–Crippen MR) is 150 cm³/mol. The van der Waals surface area contributed by atoms with Crippen LogP contribution in [0.15, 0.2) is 84.9 Å². The molecule has 0 atom stereocenters. The van der Waals surface area contributed by atoms with Crippen molar-refractivity contribution >= 4 is 11.1 Å². The van der Waals surface area contributed by atoms with Crippen molar-refractivity contribution in [2.75, 3.05) is 0 Å². The molecule has 0 unspecified atom stereocenters. The number of hydrogen-bond acceptors (Lipinski definition) is 2. The van der Waals surface area contributed by atoms with E-state index in [0.29, 0.717) is 0 Å². The van der Waals surface area contributed by atoms with Gasteiger partial charge in [-0.1, -0.05) is 72.8 Å². The molecule has 5 rings (SSSR count). The summed E-state index contributed by atoms with van der Waals surface area (Å²) in [7, 11) is 0. The largest absolute Gasteiger partial charge is 0.508 e. The third kappa shape index (κ3) is 4.62. The molecule has 36 heavy (non-hydrogen) atoms. The first-order valence-corrected chi connectivity index (χ1v) is 12.8. The van der Waals surface area contributed by atoms with Gasteiger partial charge in [-0.05, 0) is 120 Å². The number of aryl methyl sites for hydroxylation is 2. The van der Waals surface area contributed by atoms with Crippen LogP contribution in [-0.4, -0.2) is 10.2 Å². The standard InChI is InChI=1S/C34H34O2/c1-22-7-5-9-30(23(22)2)32-10-6-8-27-21-26(24-11-16-28(17-12-24)34(3,4)36)15-20-31(27)33(32)25-13-18-29(35)19-14-25/h5,7,9,11-21,35-36H,6,8,10H2,1-4H3. The quantitative estimate of drug-likeness (QED) is 0.313. The number of fused-ring (bicyclic) bond motifs is 1. The van der Waals surface area contributed by atoms with E-state index < -0.39 is 5.60 Å². The van der Waals surface area contributed by atoms with E-state index in [1.807, 2.05) is 38.1 Å². The molecule has 4 aromatic rings. The normalized spacial score (nSPS) is 13.9. The fourth-order valence-corrected chi connectivity index (χ4v) is 5.34. The van der Waals surface area contributed by atoms with Crippen LogP contribution in [0.4, 0.5) is 0 Å². The van der Waals surface area contributed by atoms with Crippen molar-refractivity contribution in [2.45, 2.75) is 52.6 Å². The molecule has 0 amide bonds. The molecule has 0 heterocycles. The third-order valence-corrected chi connectivity index (χ3v) is 7.56. The minimum absolute atomic E-state index is 0.284. The zero-order valence-corrected chi connectivity index (χ0v) is 21.6. The fourth-order valence-electron chi connectivity index (χ4n) is 5.34. The Bertz CT molecular complexity index is 1430. The summed E-state index contributed by atoms with van der Waals surface area (Å²) in [4.78, 5) is 0. The lowest BCUT2D eigenvalue weighted by Crippen LogP contribution is -2.14. The molecule has 2 heteroatoms. The van der Waals surface area contributed by atoms with Gasteiger partial charge in [0.15, 0.2) is 0 Å². The van der Waals surface area contributed by atoms with Crippen LogP contribution < -0.4 is 0 Å². The van der Waals surface area contributed by atoms with Crippen LogP contribution >= 0.6 is 0 Å². The molecule has 2 N–H and O–H groups in total. The van der Waals surface area contributed by atoms with E-state index in [0.717, 1.165) is 36.0 Å². The average molecular weight is 475 g/mol. The Morgan fingerprint density at radius 1 is 0.694 bits per heavy atom. The van der Waals surface area contributed by atoms with Crippen LogP contribution in [0.2, 0.25) is 0 Å². The summed E-state index contributed by atoms with van der Waals surface area (Å²) in [6, 6.07) is 29.3. The van der Waals surface area contributed by atoms with Crippen molar-refractivity contribution in [3.8, 4) is 16.9 Å². The maximum Gasteiger partial charge on any atom is 0.115 e. The number of phenolic OH excluding ortho intramolecular Hbond substituents is 1. The summed E-state index contributed by atoms with van der Waals surface area (Å²) in [6.07, 6.45) is 3.10. The number of benzene rings is 4. The van der Waals surface area contributed by atoms with Gasteiger partial charge in [-0.2, -0.15) is 0 Å². The number of phenols is 1. The molecule has 182 valence electrons. The van der Waals surface area contributed by atoms with Gasteiger partial charge >= 0.3 is 0 Å². The Morgan fingerprint density at radius 3 is 2.06 bits per heavy atom. The third-order valence-electron chi connectivity index (χ3n) is 7.56. The van der Waals surface area contributed by atoms with Crippen molar-refractivity contribution in [1.29, 1.82) is 0 Å². The summed E-state index contributed by atoms with van der Waals surface area (Å²) >= 11 is 0. The number of allylic oxidation sites excluding steroid dienone is 1. The monoisotopic (exact) mass is 474 g/mol.